The minimum Gasteiger partial charge on any atom is -0.364 e. The van der Waals surface area contributed by atoms with Crippen molar-refractivity contribution in [1.29, 1.82) is 5.26 Å². The van der Waals surface area contributed by atoms with Crippen molar-refractivity contribution in [2.45, 2.75) is 50.6 Å². The van der Waals surface area contributed by atoms with Crippen LogP contribution in [0.3, 0.4) is 0 Å². The Kier molecular flexibility index (Phi) is 6.12. The van der Waals surface area contributed by atoms with Crippen LogP contribution in [0.1, 0.15) is 55.1 Å². The maximum absolute atomic E-state index is 14.4. The van der Waals surface area contributed by atoms with Gasteiger partial charge in [0.25, 0.3) is 5.91 Å². The zero-order valence-electron chi connectivity index (χ0n) is 17.6. The average molecular weight is 439 g/mol. The van der Waals surface area contributed by atoms with Crippen molar-refractivity contribution < 1.29 is 18.8 Å². The summed E-state index contributed by atoms with van der Waals surface area (Å²) >= 11 is 0. The van der Waals surface area contributed by atoms with Gasteiger partial charge in [0, 0.05) is 17.8 Å². The summed E-state index contributed by atoms with van der Waals surface area (Å²) in [7, 11) is 0. The fourth-order valence-electron chi connectivity index (χ4n) is 4.50. The summed E-state index contributed by atoms with van der Waals surface area (Å²) in [6, 6.07) is 6.23. The predicted octanol–water partition coefficient (Wildman–Crippen LogP) is 2.15. The van der Waals surface area contributed by atoms with Gasteiger partial charge >= 0.3 is 0 Å². The van der Waals surface area contributed by atoms with Crippen LogP contribution in [0.4, 0.5) is 4.39 Å². The number of primary amides is 1. The molecule has 1 aliphatic heterocycles. The third-order valence-electron chi connectivity index (χ3n) is 6.34. The topological polar surface area (TPSA) is 130 Å². The molecule has 4 rings (SSSR count). The molecule has 4 N–H and O–H groups in total. The Morgan fingerprint density at radius 1 is 1.31 bits per heavy atom. The lowest BCUT2D eigenvalue weighted by molar-refractivity contribution is -0.128. The van der Waals surface area contributed by atoms with E-state index in [-0.39, 0.29) is 29.3 Å². The number of halogens is 1. The molecule has 1 aliphatic carbocycles. The van der Waals surface area contributed by atoms with Gasteiger partial charge in [0.15, 0.2) is 0 Å². The molecule has 2 aromatic rings. The number of amides is 3. The van der Waals surface area contributed by atoms with E-state index in [1.54, 1.807) is 6.07 Å². The van der Waals surface area contributed by atoms with E-state index >= 15 is 0 Å². The van der Waals surface area contributed by atoms with Gasteiger partial charge in [-0.15, -0.1) is 0 Å². The molecule has 168 valence electrons. The van der Waals surface area contributed by atoms with E-state index in [0.717, 1.165) is 19.3 Å². The Balaban J connectivity index is 1.64. The summed E-state index contributed by atoms with van der Waals surface area (Å²) in [5.41, 5.74) is 6.02. The summed E-state index contributed by atoms with van der Waals surface area (Å²) in [4.78, 5) is 37.6. The first-order chi connectivity index (χ1) is 15.4. The number of nitrogens with one attached hydrogen (secondary N) is 2. The van der Waals surface area contributed by atoms with Gasteiger partial charge in [-0.25, -0.2) is 4.39 Å². The number of nitrogens with two attached hydrogens (primary N) is 1. The number of rotatable bonds is 8. The van der Waals surface area contributed by atoms with Gasteiger partial charge in [0.1, 0.15) is 23.6 Å². The van der Waals surface area contributed by atoms with Crippen LogP contribution < -0.4 is 16.4 Å². The zero-order valence-corrected chi connectivity index (χ0v) is 17.6. The Morgan fingerprint density at radius 2 is 2.09 bits per heavy atom. The molecule has 2 fully saturated rings. The number of hydrogen-bond donors (Lipinski definition) is 3. The molecule has 3 atom stereocenters. The first-order valence-corrected chi connectivity index (χ1v) is 11.0. The van der Waals surface area contributed by atoms with E-state index in [1.807, 2.05) is 0 Å². The lowest BCUT2D eigenvalue weighted by atomic mass is 9.92. The number of piperidine rings is 1. The normalized spacial score (nSPS) is 20.2. The van der Waals surface area contributed by atoms with Gasteiger partial charge in [-0.05, 0) is 49.8 Å². The number of carbonyl (C=O) groups excluding carboxylic acids is 3. The standard InChI is InChI=1S/C23H26FN5O3/c24-17-4-1-5-18-16(17)11-19(21(26)30)29(18)20(9-13-6-7-13)23(32)28-15(12-25)10-14-3-2-8-27-22(14)31/h1,4-5,11,13-15,20H,2-3,6-10H2,(H2,26,30)(H,27,31)(H,28,32)/t14-,15-,20-/m0/s1. The monoisotopic (exact) mass is 439 g/mol. The molecule has 1 saturated heterocycles. The van der Waals surface area contributed by atoms with Crippen LogP contribution in [0.5, 0.6) is 0 Å². The van der Waals surface area contributed by atoms with Crippen LogP contribution in [0, 0.1) is 29.0 Å². The van der Waals surface area contributed by atoms with Crippen LogP contribution in [-0.4, -0.2) is 34.9 Å². The Morgan fingerprint density at radius 3 is 2.75 bits per heavy atom. The largest absolute Gasteiger partial charge is 0.364 e. The second-order valence-corrected chi connectivity index (χ2v) is 8.69. The molecule has 3 amide bonds. The van der Waals surface area contributed by atoms with E-state index in [1.165, 1.54) is 22.8 Å². The summed E-state index contributed by atoms with van der Waals surface area (Å²) in [6.45, 7) is 0.621. The third-order valence-corrected chi connectivity index (χ3v) is 6.34. The first-order valence-electron chi connectivity index (χ1n) is 11.0. The van der Waals surface area contributed by atoms with Crippen LogP contribution in [0.25, 0.3) is 10.9 Å². The Bertz CT molecular complexity index is 1100. The van der Waals surface area contributed by atoms with E-state index in [0.29, 0.717) is 30.8 Å². The molecule has 1 aromatic heterocycles. The van der Waals surface area contributed by atoms with Crippen molar-refractivity contribution >= 4 is 28.6 Å². The molecule has 8 nitrogen and oxygen atoms in total. The van der Waals surface area contributed by atoms with E-state index in [2.05, 4.69) is 16.7 Å². The third kappa shape index (κ3) is 4.44. The van der Waals surface area contributed by atoms with Gasteiger partial charge in [-0.1, -0.05) is 18.9 Å². The van der Waals surface area contributed by atoms with Crippen LogP contribution in [-0.2, 0) is 9.59 Å². The first kappa shape index (κ1) is 21.8. The molecule has 1 saturated carbocycles. The number of nitriles is 1. The second kappa shape index (κ2) is 8.99. The van der Waals surface area contributed by atoms with Gasteiger partial charge in [-0.2, -0.15) is 5.26 Å². The summed E-state index contributed by atoms with van der Waals surface area (Å²) in [5.74, 6) is -1.84. The van der Waals surface area contributed by atoms with E-state index in [4.69, 9.17) is 5.73 Å². The van der Waals surface area contributed by atoms with E-state index < -0.39 is 29.7 Å². The highest BCUT2D eigenvalue weighted by Crippen LogP contribution is 2.39. The number of carbonyl (C=O) groups is 3. The van der Waals surface area contributed by atoms with Crippen LogP contribution in [0.15, 0.2) is 24.3 Å². The maximum Gasteiger partial charge on any atom is 0.265 e. The molecule has 2 heterocycles. The molecular formula is C23H26FN5O3. The lowest BCUT2D eigenvalue weighted by Gasteiger charge is -2.26. The molecule has 32 heavy (non-hydrogen) atoms. The van der Waals surface area contributed by atoms with Gasteiger partial charge in [0.2, 0.25) is 11.8 Å². The van der Waals surface area contributed by atoms with Crippen molar-refractivity contribution in [2.24, 2.45) is 17.6 Å². The highest BCUT2D eigenvalue weighted by Gasteiger charge is 2.35. The van der Waals surface area contributed by atoms with Gasteiger partial charge < -0.3 is 20.9 Å². The fraction of sp³-hybridized carbons (Fsp3) is 0.478. The highest BCUT2D eigenvalue weighted by molar-refractivity contribution is 5.99. The Labute approximate surface area is 184 Å². The van der Waals surface area contributed by atoms with Crippen LogP contribution >= 0.6 is 0 Å². The summed E-state index contributed by atoms with van der Waals surface area (Å²) in [5, 5.41) is 15.4. The van der Waals surface area contributed by atoms with Crippen molar-refractivity contribution in [1.82, 2.24) is 15.2 Å². The Hall–Kier alpha value is -3.41. The maximum atomic E-state index is 14.4. The quantitative estimate of drug-likeness (QED) is 0.582. The molecule has 0 spiro atoms. The molecule has 0 unspecified atom stereocenters. The SMILES string of the molecule is N#C[C@H](C[C@@H]1CCCNC1=O)NC(=O)[C@H](CC1CC1)n1c(C(N)=O)cc2c(F)cccc21. The van der Waals surface area contributed by atoms with Gasteiger partial charge in [-0.3, -0.25) is 14.4 Å². The molecule has 0 bridgehead atoms. The lowest BCUT2D eigenvalue weighted by Crippen LogP contribution is -2.44. The predicted molar refractivity (Wildman–Crippen MR) is 115 cm³/mol. The summed E-state index contributed by atoms with van der Waals surface area (Å²) in [6.07, 6.45) is 4.09. The molecule has 0 radical (unpaired) electrons. The van der Waals surface area contributed by atoms with Crippen LogP contribution in [0.2, 0.25) is 0 Å². The number of benzene rings is 1. The fourth-order valence-corrected chi connectivity index (χ4v) is 4.50. The highest BCUT2D eigenvalue weighted by atomic mass is 19.1. The van der Waals surface area contributed by atoms with Crippen molar-refractivity contribution in [3.8, 4) is 6.07 Å². The number of nitrogens with zero attached hydrogens (tertiary/aromatic N) is 2. The molecule has 2 aliphatic rings. The van der Waals surface area contributed by atoms with Gasteiger partial charge in [0.05, 0.1) is 11.6 Å². The zero-order chi connectivity index (χ0) is 22.8. The molecular weight excluding hydrogens is 413 g/mol. The smallest absolute Gasteiger partial charge is 0.265 e. The van der Waals surface area contributed by atoms with E-state index in [9.17, 15) is 24.0 Å². The van der Waals surface area contributed by atoms with Crippen molar-refractivity contribution in [3.05, 3.63) is 35.8 Å². The minimum absolute atomic E-state index is 0.0473. The average Bonchev–Trinajstić information content (AvgIpc) is 3.50. The van der Waals surface area contributed by atoms with Crippen molar-refractivity contribution in [2.75, 3.05) is 6.54 Å². The number of aromatic nitrogens is 1. The van der Waals surface area contributed by atoms with Crippen molar-refractivity contribution in [3.63, 3.8) is 0 Å². The number of hydrogen-bond acceptors (Lipinski definition) is 4. The molecule has 1 aromatic carbocycles. The minimum atomic E-state index is -0.853. The summed E-state index contributed by atoms with van der Waals surface area (Å²) < 4.78 is 15.9. The number of fused-ring (bicyclic) bond motifs is 1. The second-order valence-electron chi connectivity index (χ2n) is 8.69. The molecule has 9 heteroatoms.